The first-order chi connectivity index (χ1) is 12.9. The van der Waals surface area contributed by atoms with Crippen LogP contribution in [-0.2, 0) is 14.4 Å². The largest absolute Gasteiger partial charge is 0.482 e. The van der Waals surface area contributed by atoms with E-state index < -0.39 is 0 Å². The van der Waals surface area contributed by atoms with Gasteiger partial charge in [-0.05, 0) is 30.3 Å². The number of nitrogens with zero attached hydrogens (tertiary/aromatic N) is 1. The molecule has 0 bridgehead atoms. The van der Waals surface area contributed by atoms with E-state index in [1.165, 1.54) is 4.90 Å². The summed E-state index contributed by atoms with van der Waals surface area (Å²) < 4.78 is 5.37. The zero-order valence-corrected chi connectivity index (χ0v) is 15.2. The minimum Gasteiger partial charge on any atom is -0.482 e. The Labute approximate surface area is 157 Å². The van der Waals surface area contributed by atoms with Crippen LogP contribution in [0.5, 0.6) is 5.75 Å². The van der Waals surface area contributed by atoms with Crippen LogP contribution in [0.4, 0.5) is 17.1 Å². The van der Waals surface area contributed by atoms with Crippen molar-refractivity contribution in [2.45, 2.75) is 13.8 Å². The quantitative estimate of drug-likeness (QED) is 0.850. The number of amides is 3. The zero-order chi connectivity index (χ0) is 19.4. The average molecular weight is 367 g/mol. The lowest BCUT2D eigenvalue weighted by molar-refractivity contribution is -0.123. The normalized spacial score (nSPS) is 13.0. The first-order valence-corrected chi connectivity index (χ1v) is 8.67. The molecule has 0 atom stereocenters. The highest BCUT2D eigenvalue weighted by Gasteiger charge is 2.26. The van der Waals surface area contributed by atoms with Gasteiger partial charge >= 0.3 is 0 Å². The van der Waals surface area contributed by atoms with E-state index in [1.54, 1.807) is 56.3 Å². The second-order valence-corrected chi connectivity index (χ2v) is 6.51. The van der Waals surface area contributed by atoms with Gasteiger partial charge < -0.3 is 15.4 Å². The molecule has 1 aliphatic rings. The van der Waals surface area contributed by atoms with Crippen molar-refractivity contribution in [2.75, 3.05) is 28.7 Å². The molecule has 0 spiro atoms. The molecule has 0 aromatic heterocycles. The molecule has 27 heavy (non-hydrogen) atoms. The van der Waals surface area contributed by atoms with Crippen LogP contribution < -0.4 is 20.3 Å². The number of fused-ring (bicyclic) bond motifs is 1. The molecule has 7 nitrogen and oxygen atoms in total. The van der Waals surface area contributed by atoms with Crippen molar-refractivity contribution in [1.82, 2.24) is 0 Å². The first-order valence-electron chi connectivity index (χ1n) is 8.67. The van der Waals surface area contributed by atoms with E-state index in [2.05, 4.69) is 10.6 Å². The van der Waals surface area contributed by atoms with Gasteiger partial charge in [0.2, 0.25) is 11.8 Å². The standard InChI is InChI=1S/C20H21N3O4/c1-13(2)20(26)22-15-7-5-6-14(10-15)21-18(24)11-23-16-8-3-4-9-17(16)27-12-19(23)25/h3-10,13H,11-12H2,1-2H3,(H,21,24)(H,22,26). The smallest absolute Gasteiger partial charge is 0.265 e. The van der Waals surface area contributed by atoms with Crippen LogP contribution >= 0.6 is 0 Å². The van der Waals surface area contributed by atoms with E-state index in [0.29, 0.717) is 22.8 Å². The maximum absolute atomic E-state index is 12.4. The van der Waals surface area contributed by atoms with Gasteiger partial charge in [-0.2, -0.15) is 0 Å². The van der Waals surface area contributed by atoms with E-state index in [9.17, 15) is 14.4 Å². The van der Waals surface area contributed by atoms with Gasteiger partial charge in [0.25, 0.3) is 5.91 Å². The van der Waals surface area contributed by atoms with Gasteiger partial charge in [-0.25, -0.2) is 0 Å². The van der Waals surface area contributed by atoms with Gasteiger partial charge in [0.1, 0.15) is 12.3 Å². The van der Waals surface area contributed by atoms with Crippen molar-refractivity contribution >= 4 is 34.8 Å². The Kier molecular flexibility index (Phi) is 5.40. The van der Waals surface area contributed by atoms with Crippen LogP contribution in [0.3, 0.4) is 0 Å². The molecule has 2 N–H and O–H groups in total. The van der Waals surface area contributed by atoms with E-state index in [1.807, 2.05) is 6.07 Å². The molecule has 1 aliphatic heterocycles. The van der Waals surface area contributed by atoms with Gasteiger partial charge in [-0.1, -0.05) is 32.0 Å². The molecule has 3 rings (SSSR count). The number of rotatable bonds is 5. The van der Waals surface area contributed by atoms with E-state index in [0.717, 1.165) is 0 Å². The zero-order valence-electron chi connectivity index (χ0n) is 15.2. The number of para-hydroxylation sites is 2. The van der Waals surface area contributed by atoms with Gasteiger partial charge in [0, 0.05) is 17.3 Å². The van der Waals surface area contributed by atoms with Crippen molar-refractivity contribution in [3.63, 3.8) is 0 Å². The minimum atomic E-state index is -0.340. The summed E-state index contributed by atoms with van der Waals surface area (Å²) in [5.41, 5.74) is 1.71. The molecule has 3 amide bonds. The number of carbonyl (C=O) groups excluding carboxylic acids is 3. The number of carbonyl (C=O) groups is 3. The Morgan fingerprint density at radius 3 is 2.52 bits per heavy atom. The summed E-state index contributed by atoms with van der Waals surface area (Å²) in [6, 6.07) is 14.0. The van der Waals surface area contributed by atoms with Gasteiger partial charge in [0.15, 0.2) is 6.61 Å². The maximum Gasteiger partial charge on any atom is 0.265 e. The third kappa shape index (κ3) is 4.44. The fourth-order valence-electron chi connectivity index (χ4n) is 2.63. The van der Waals surface area contributed by atoms with E-state index >= 15 is 0 Å². The molecule has 0 saturated heterocycles. The number of nitrogens with one attached hydrogen (secondary N) is 2. The Bertz CT molecular complexity index is 879. The highest BCUT2D eigenvalue weighted by atomic mass is 16.5. The van der Waals surface area contributed by atoms with E-state index in [-0.39, 0.29) is 36.8 Å². The van der Waals surface area contributed by atoms with Crippen molar-refractivity contribution in [3.05, 3.63) is 48.5 Å². The van der Waals surface area contributed by atoms with Gasteiger partial charge in [-0.3, -0.25) is 19.3 Å². The van der Waals surface area contributed by atoms with Crippen molar-refractivity contribution in [2.24, 2.45) is 5.92 Å². The molecule has 0 aliphatic carbocycles. The molecule has 2 aromatic rings. The predicted octanol–water partition coefficient (Wildman–Crippen LogP) is 2.65. The average Bonchev–Trinajstić information content (AvgIpc) is 2.64. The van der Waals surface area contributed by atoms with Crippen LogP contribution in [0.1, 0.15) is 13.8 Å². The topological polar surface area (TPSA) is 87.7 Å². The second-order valence-electron chi connectivity index (χ2n) is 6.51. The maximum atomic E-state index is 12.4. The van der Waals surface area contributed by atoms with Crippen molar-refractivity contribution in [3.8, 4) is 5.75 Å². The summed E-state index contributed by atoms with van der Waals surface area (Å²) in [4.78, 5) is 37.8. The fraction of sp³-hybridized carbons (Fsp3) is 0.250. The molecule has 0 saturated carbocycles. The molecule has 1 heterocycles. The first kappa shape index (κ1) is 18.4. The lowest BCUT2D eigenvalue weighted by atomic mass is 10.2. The molecule has 0 radical (unpaired) electrons. The summed E-state index contributed by atoms with van der Waals surface area (Å²) in [7, 11) is 0. The minimum absolute atomic E-state index is 0.0962. The SMILES string of the molecule is CC(C)C(=O)Nc1cccc(NC(=O)CN2C(=O)COc3ccccc32)c1. The molecular formula is C20H21N3O4. The van der Waals surface area contributed by atoms with Crippen LogP contribution in [0, 0.1) is 5.92 Å². The predicted molar refractivity (Wildman–Crippen MR) is 103 cm³/mol. The Balaban J connectivity index is 1.68. The highest BCUT2D eigenvalue weighted by molar-refractivity contribution is 6.05. The third-order valence-corrected chi connectivity index (χ3v) is 4.05. The van der Waals surface area contributed by atoms with Crippen molar-refractivity contribution < 1.29 is 19.1 Å². The number of hydrogen-bond acceptors (Lipinski definition) is 4. The van der Waals surface area contributed by atoms with Crippen LogP contribution in [0.2, 0.25) is 0 Å². The molecule has 0 unspecified atom stereocenters. The molecule has 7 heteroatoms. The third-order valence-electron chi connectivity index (χ3n) is 4.05. The Hall–Kier alpha value is -3.35. The van der Waals surface area contributed by atoms with Gasteiger partial charge in [0.05, 0.1) is 5.69 Å². The van der Waals surface area contributed by atoms with E-state index in [4.69, 9.17) is 4.74 Å². The summed E-state index contributed by atoms with van der Waals surface area (Å²) in [6.45, 7) is 3.39. The lowest BCUT2D eigenvalue weighted by Gasteiger charge is -2.28. The summed E-state index contributed by atoms with van der Waals surface area (Å²) in [5, 5.41) is 5.54. The Morgan fingerprint density at radius 2 is 1.78 bits per heavy atom. The molecule has 2 aromatic carbocycles. The van der Waals surface area contributed by atoms with Gasteiger partial charge in [-0.15, -0.1) is 0 Å². The van der Waals surface area contributed by atoms with Crippen LogP contribution in [0.15, 0.2) is 48.5 Å². The summed E-state index contributed by atoms with van der Waals surface area (Å²) in [5.74, 6) is -0.290. The number of hydrogen-bond donors (Lipinski definition) is 2. The molecule has 140 valence electrons. The summed E-state index contributed by atoms with van der Waals surface area (Å²) in [6.07, 6.45) is 0. The number of benzene rings is 2. The van der Waals surface area contributed by atoms with Crippen LogP contribution in [0.25, 0.3) is 0 Å². The Morgan fingerprint density at radius 1 is 1.07 bits per heavy atom. The number of ether oxygens (including phenoxy) is 1. The summed E-state index contributed by atoms with van der Waals surface area (Å²) >= 11 is 0. The van der Waals surface area contributed by atoms with Crippen molar-refractivity contribution in [1.29, 1.82) is 0 Å². The molecular weight excluding hydrogens is 346 g/mol. The lowest BCUT2D eigenvalue weighted by Crippen LogP contribution is -2.43. The van der Waals surface area contributed by atoms with Crippen LogP contribution in [-0.4, -0.2) is 30.9 Å². The second kappa shape index (κ2) is 7.90. The highest BCUT2D eigenvalue weighted by Crippen LogP contribution is 2.31. The monoisotopic (exact) mass is 367 g/mol. The fourth-order valence-corrected chi connectivity index (χ4v) is 2.63. The molecule has 0 fully saturated rings. The number of anilines is 3.